The van der Waals surface area contributed by atoms with Gasteiger partial charge in [0, 0.05) is 0 Å². The van der Waals surface area contributed by atoms with Gasteiger partial charge in [-0.15, -0.1) is 0 Å². The van der Waals surface area contributed by atoms with E-state index in [1.54, 1.807) is 6.92 Å². The lowest BCUT2D eigenvalue weighted by atomic mass is 9.75. The first-order valence-corrected chi connectivity index (χ1v) is 8.15. The van der Waals surface area contributed by atoms with Crippen molar-refractivity contribution in [1.82, 2.24) is 0 Å². The molecule has 0 aliphatic carbocycles. The van der Waals surface area contributed by atoms with Crippen LogP contribution >= 0.6 is 0 Å². The molecule has 0 amide bonds. The van der Waals surface area contributed by atoms with E-state index >= 15 is 0 Å². The fourth-order valence-electron chi connectivity index (χ4n) is 1.40. The topological polar surface area (TPSA) is 101 Å². The number of carbonyl (C=O) groups is 2. The Labute approximate surface area is 149 Å². The molecule has 0 unspecified atom stereocenters. The van der Waals surface area contributed by atoms with Crippen molar-refractivity contribution in [1.29, 1.82) is 0 Å². The molecule has 0 aliphatic heterocycles. The van der Waals surface area contributed by atoms with Crippen molar-refractivity contribution in [2.45, 2.75) is 53.6 Å². The molecule has 0 aromatic rings. The highest BCUT2D eigenvalue weighted by Gasteiger charge is 2.38. The molecule has 0 rings (SSSR count). The second-order valence-corrected chi connectivity index (χ2v) is 6.59. The number of carboxylic acid groups (broad SMARTS) is 1. The molecule has 0 fully saturated rings. The second-order valence-electron chi connectivity index (χ2n) is 6.59. The van der Waals surface area contributed by atoms with Crippen molar-refractivity contribution in [3.8, 4) is 0 Å². The molecular weight excluding hydrogens is 332 g/mol. The number of rotatable bonds is 12. The van der Waals surface area contributed by atoms with Crippen molar-refractivity contribution >= 4 is 12.1 Å². The lowest BCUT2D eigenvalue weighted by molar-refractivity contribution is -0.342. The Morgan fingerprint density at radius 3 is 2.08 bits per heavy atom. The highest BCUT2D eigenvalue weighted by Crippen LogP contribution is 2.36. The zero-order valence-electron chi connectivity index (χ0n) is 15.9. The Hall–Kier alpha value is -1.80. The van der Waals surface area contributed by atoms with Crippen LogP contribution < -0.4 is 0 Å². The van der Waals surface area contributed by atoms with Crippen LogP contribution in [0, 0.1) is 5.41 Å². The van der Waals surface area contributed by atoms with E-state index in [0.29, 0.717) is 0 Å². The van der Waals surface area contributed by atoms with Crippen molar-refractivity contribution in [3.63, 3.8) is 0 Å². The van der Waals surface area contributed by atoms with Crippen LogP contribution in [-0.4, -0.2) is 49.3 Å². The maximum atomic E-state index is 11.7. The third-order valence-corrected chi connectivity index (χ3v) is 4.23. The highest BCUT2D eigenvalue weighted by atomic mass is 17.2. The van der Waals surface area contributed by atoms with Gasteiger partial charge in [-0.2, -0.15) is 4.89 Å². The quantitative estimate of drug-likeness (QED) is 0.141. The maximum absolute atomic E-state index is 11.7. The number of carbonyl (C=O) groups excluding carboxylic acids is 1. The van der Waals surface area contributed by atoms with Crippen molar-refractivity contribution in [2.24, 2.45) is 5.41 Å². The van der Waals surface area contributed by atoms with Gasteiger partial charge < -0.3 is 24.2 Å². The van der Waals surface area contributed by atoms with Crippen LogP contribution in [0.15, 0.2) is 11.8 Å². The van der Waals surface area contributed by atoms with Crippen LogP contribution in [0.2, 0.25) is 0 Å². The minimum absolute atomic E-state index is 0.0340. The van der Waals surface area contributed by atoms with E-state index in [1.807, 2.05) is 13.8 Å². The molecule has 25 heavy (non-hydrogen) atoms. The van der Waals surface area contributed by atoms with E-state index in [1.165, 1.54) is 6.26 Å². The van der Waals surface area contributed by atoms with Crippen molar-refractivity contribution in [2.75, 3.05) is 26.4 Å². The van der Waals surface area contributed by atoms with Crippen LogP contribution in [0.1, 0.15) is 48.0 Å². The molecule has 0 heterocycles. The second kappa shape index (κ2) is 10.9. The molecule has 0 saturated heterocycles. The molecule has 0 atom stereocenters. The molecule has 8 heteroatoms. The Morgan fingerprint density at radius 1 is 1.00 bits per heavy atom. The summed E-state index contributed by atoms with van der Waals surface area (Å²) < 4.78 is 14.3. The van der Waals surface area contributed by atoms with Gasteiger partial charge >= 0.3 is 12.1 Å². The lowest BCUT2D eigenvalue weighted by Crippen LogP contribution is -2.40. The number of esters is 1. The molecule has 0 aromatic heterocycles. The summed E-state index contributed by atoms with van der Waals surface area (Å²) in [4.78, 5) is 32.4. The summed E-state index contributed by atoms with van der Waals surface area (Å²) in [7, 11) is 0. The summed E-state index contributed by atoms with van der Waals surface area (Å²) in [6, 6.07) is 0. The first kappa shape index (κ1) is 23.2. The minimum Gasteiger partial charge on any atom is -0.460 e. The van der Waals surface area contributed by atoms with Gasteiger partial charge in [-0.05, 0) is 32.6 Å². The van der Waals surface area contributed by atoms with E-state index in [-0.39, 0.29) is 37.4 Å². The maximum Gasteiger partial charge on any atom is 0.505 e. The van der Waals surface area contributed by atoms with Gasteiger partial charge in [0.25, 0.3) is 0 Å². The van der Waals surface area contributed by atoms with E-state index in [2.05, 4.69) is 25.5 Å². The number of hydrogen-bond donors (Lipinski definition) is 1. The standard InChI is InChI=1S/C17H30O8/c1-7-16(3,4)17(5,6)25-24-12-13(2)14(18)22-10-8-21-9-11-23-15(19)20/h12H,7-11H2,1-6H3,(H,19,20). The Bertz CT molecular complexity index is 454. The molecular formula is C17H30O8. The van der Waals surface area contributed by atoms with Gasteiger partial charge in [-0.25, -0.2) is 9.59 Å². The molecule has 0 radical (unpaired) electrons. The first-order valence-electron chi connectivity index (χ1n) is 8.15. The fraction of sp³-hybridized carbons (Fsp3) is 0.765. The van der Waals surface area contributed by atoms with Gasteiger partial charge in [0.2, 0.25) is 0 Å². The van der Waals surface area contributed by atoms with Crippen LogP contribution in [0.4, 0.5) is 4.79 Å². The highest BCUT2D eigenvalue weighted by molar-refractivity contribution is 5.87. The lowest BCUT2D eigenvalue weighted by Gasteiger charge is -2.38. The van der Waals surface area contributed by atoms with Crippen LogP contribution in [0.5, 0.6) is 0 Å². The largest absolute Gasteiger partial charge is 0.505 e. The van der Waals surface area contributed by atoms with E-state index in [4.69, 9.17) is 24.4 Å². The third kappa shape index (κ3) is 9.31. The predicted molar refractivity (Wildman–Crippen MR) is 89.8 cm³/mol. The molecule has 0 aromatic carbocycles. The molecule has 0 spiro atoms. The number of hydrogen-bond acceptors (Lipinski definition) is 7. The summed E-state index contributed by atoms with van der Waals surface area (Å²) >= 11 is 0. The molecule has 0 bridgehead atoms. The predicted octanol–water partition coefficient (Wildman–Crippen LogP) is 3.31. The summed E-state index contributed by atoms with van der Waals surface area (Å²) in [6.45, 7) is 11.8. The van der Waals surface area contributed by atoms with Crippen LogP contribution in [0.25, 0.3) is 0 Å². The normalized spacial score (nSPS) is 12.6. The molecule has 0 aliphatic rings. The van der Waals surface area contributed by atoms with Crippen LogP contribution in [-0.2, 0) is 28.8 Å². The van der Waals surface area contributed by atoms with Gasteiger partial charge in [-0.1, -0.05) is 20.8 Å². The molecule has 0 saturated carbocycles. The van der Waals surface area contributed by atoms with E-state index in [9.17, 15) is 9.59 Å². The average Bonchev–Trinajstić information content (AvgIpc) is 2.52. The molecule has 146 valence electrons. The zero-order chi connectivity index (χ0) is 19.5. The van der Waals surface area contributed by atoms with Crippen LogP contribution in [0.3, 0.4) is 0 Å². The molecule has 1 N–H and O–H groups in total. The van der Waals surface area contributed by atoms with E-state index in [0.717, 1.165) is 6.42 Å². The van der Waals surface area contributed by atoms with E-state index < -0.39 is 17.7 Å². The smallest absolute Gasteiger partial charge is 0.460 e. The summed E-state index contributed by atoms with van der Waals surface area (Å²) in [6.07, 6.45) is 0.756. The van der Waals surface area contributed by atoms with Gasteiger partial charge in [0.1, 0.15) is 25.1 Å². The van der Waals surface area contributed by atoms with Gasteiger partial charge in [-0.3, -0.25) is 0 Å². The fourth-order valence-corrected chi connectivity index (χ4v) is 1.40. The third-order valence-electron chi connectivity index (χ3n) is 4.23. The minimum atomic E-state index is -1.36. The van der Waals surface area contributed by atoms with Gasteiger partial charge in [0.15, 0.2) is 0 Å². The zero-order valence-corrected chi connectivity index (χ0v) is 15.9. The SMILES string of the molecule is CCC(C)(C)C(C)(C)OOC=C(C)C(=O)OCCOCCOC(=O)O. The Balaban J connectivity index is 4.05. The van der Waals surface area contributed by atoms with Gasteiger partial charge in [0.05, 0.1) is 18.8 Å². The molecule has 8 nitrogen and oxygen atoms in total. The summed E-state index contributed by atoms with van der Waals surface area (Å²) in [5, 5.41) is 8.25. The number of ether oxygens (including phenoxy) is 3. The monoisotopic (exact) mass is 362 g/mol. The van der Waals surface area contributed by atoms with Crippen molar-refractivity contribution < 1.29 is 38.7 Å². The first-order chi connectivity index (χ1) is 11.5. The summed E-state index contributed by atoms with van der Waals surface area (Å²) in [5.41, 5.74) is -0.384. The average molecular weight is 362 g/mol. The Kier molecular flexibility index (Phi) is 10.2. The van der Waals surface area contributed by atoms with Crippen molar-refractivity contribution in [3.05, 3.63) is 11.8 Å². The Morgan fingerprint density at radius 2 is 1.56 bits per heavy atom. The summed E-state index contributed by atoms with van der Waals surface area (Å²) in [5.74, 6) is -0.554.